The van der Waals surface area contributed by atoms with Crippen molar-refractivity contribution in [3.63, 3.8) is 0 Å². The molecule has 0 saturated carbocycles. The average Bonchev–Trinajstić information content (AvgIpc) is 2.90. The van der Waals surface area contributed by atoms with Crippen LogP contribution in [0.3, 0.4) is 0 Å². The lowest BCUT2D eigenvalue weighted by Crippen LogP contribution is -2.11. The van der Waals surface area contributed by atoms with Crippen molar-refractivity contribution in [1.82, 2.24) is 4.98 Å². The summed E-state index contributed by atoms with van der Waals surface area (Å²) in [6.07, 6.45) is 0.526. The maximum absolute atomic E-state index is 12.4. The molecule has 1 amide bonds. The predicted octanol–water partition coefficient (Wildman–Crippen LogP) is 4.67. The monoisotopic (exact) mass is 366 g/mol. The SMILES string of the molecule is CC(C)Cc1[nH]c(O)c(C(=O)Nc2ccc(Oc3ccccc3)cc2)c1O. The molecule has 0 bridgehead atoms. The van der Waals surface area contributed by atoms with Crippen LogP contribution in [0.5, 0.6) is 23.1 Å². The molecule has 3 rings (SSSR count). The molecule has 2 aromatic carbocycles. The zero-order valence-corrected chi connectivity index (χ0v) is 15.2. The highest BCUT2D eigenvalue weighted by Crippen LogP contribution is 2.33. The Morgan fingerprint density at radius 3 is 2.30 bits per heavy atom. The number of hydrogen-bond acceptors (Lipinski definition) is 4. The number of aromatic hydroxyl groups is 2. The van der Waals surface area contributed by atoms with E-state index in [0.717, 1.165) is 0 Å². The molecule has 0 aliphatic carbocycles. The third-order valence-corrected chi connectivity index (χ3v) is 3.96. The third-order valence-electron chi connectivity index (χ3n) is 3.96. The Hall–Kier alpha value is -3.41. The van der Waals surface area contributed by atoms with Gasteiger partial charge in [-0.05, 0) is 48.7 Å². The summed E-state index contributed by atoms with van der Waals surface area (Å²) in [5.74, 6) is 0.460. The Morgan fingerprint density at radius 2 is 1.67 bits per heavy atom. The molecule has 0 fully saturated rings. The summed E-state index contributed by atoms with van der Waals surface area (Å²) in [4.78, 5) is 15.1. The van der Waals surface area contributed by atoms with Gasteiger partial charge in [-0.15, -0.1) is 0 Å². The maximum Gasteiger partial charge on any atom is 0.264 e. The zero-order valence-electron chi connectivity index (χ0n) is 15.2. The van der Waals surface area contributed by atoms with Crippen LogP contribution in [0.4, 0.5) is 5.69 Å². The number of aromatic amines is 1. The zero-order chi connectivity index (χ0) is 19.4. The molecule has 0 aliphatic rings. The number of benzene rings is 2. The maximum atomic E-state index is 12.4. The van der Waals surface area contributed by atoms with Crippen LogP contribution in [-0.2, 0) is 6.42 Å². The Morgan fingerprint density at radius 1 is 1.04 bits per heavy atom. The molecule has 0 radical (unpaired) electrons. The molecular weight excluding hydrogens is 344 g/mol. The Labute approximate surface area is 157 Å². The number of anilines is 1. The van der Waals surface area contributed by atoms with Gasteiger partial charge in [0.2, 0.25) is 5.88 Å². The summed E-state index contributed by atoms with van der Waals surface area (Å²) in [6.45, 7) is 3.96. The number of rotatable bonds is 6. The van der Waals surface area contributed by atoms with E-state index >= 15 is 0 Å². The average molecular weight is 366 g/mol. The molecular formula is C21H22N2O4. The van der Waals surface area contributed by atoms with Crippen molar-refractivity contribution >= 4 is 11.6 Å². The van der Waals surface area contributed by atoms with E-state index in [-0.39, 0.29) is 23.1 Å². The lowest BCUT2D eigenvalue weighted by Gasteiger charge is -2.08. The molecule has 0 atom stereocenters. The lowest BCUT2D eigenvalue weighted by atomic mass is 10.1. The number of carbonyl (C=O) groups is 1. The van der Waals surface area contributed by atoms with Gasteiger partial charge in [-0.1, -0.05) is 32.0 Å². The van der Waals surface area contributed by atoms with E-state index < -0.39 is 5.91 Å². The van der Waals surface area contributed by atoms with Crippen molar-refractivity contribution in [2.75, 3.05) is 5.32 Å². The molecule has 4 N–H and O–H groups in total. The number of para-hydroxylation sites is 1. The number of nitrogens with one attached hydrogen (secondary N) is 2. The van der Waals surface area contributed by atoms with Crippen molar-refractivity contribution < 1.29 is 19.7 Å². The van der Waals surface area contributed by atoms with Crippen LogP contribution in [0, 0.1) is 5.92 Å². The van der Waals surface area contributed by atoms with Crippen LogP contribution < -0.4 is 10.1 Å². The van der Waals surface area contributed by atoms with Crippen molar-refractivity contribution in [3.05, 3.63) is 65.9 Å². The fraction of sp³-hybridized carbons (Fsp3) is 0.190. The highest BCUT2D eigenvalue weighted by molar-refractivity contribution is 6.08. The van der Waals surface area contributed by atoms with Crippen LogP contribution >= 0.6 is 0 Å². The van der Waals surface area contributed by atoms with E-state index in [1.165, 1.54) is 0 Å². The molecule has 0 aliphatic heterocycles. The summed E-state index contributed by atoms with van der Waals surface area (Å²) in [5.41, 5.74) is 0.806. The Bertz CT molecular complexity index is 915. The van der Waals surface area contributed by atoms with E-state index in [9.17, 15) is 15.0 Å². The minimum Gasteiger partial charge on any atom is -0.505 e. The van der Waals surface area contributed by atoms with Gasteiger partial charge in [0.25, 0.3) is 5.91 Å². The number of aromatic nitrogens is 1. The molecule has 1 aromatic heterocycles. The lowest BCUT2D eigenvalue weighted by molar-refractivity contribution is 0.102. The van der Waals surface area contributed by atoms with Crippen molar-refractivity contribution in [2.24, 2.45) is 5.92 Å². The van der Waals surface area contributed by atoms with E-state index in [4.69, 9.17) is 4.74 Å². The van der Waals surface area contributed by atoms with Gasteiger partial charge < -0.3 is 25.3 Å². The first-order chi connectivity index (χ1) is 12.9. The van der Waals surface area contributed by atoms with Gasteiger partial charge in [-0.3, -0.25) is 4.79 Å². The fourth-order valence-corrected chi connectivity index (χ4v) is 2.72. The van der Waals surface area contributed by atoms with Crippen molar-refractivity contribution in [3.8, 4) is 23.1 Å². The second-order valence-electron chi connectivity index (χ2n) is 6.67. The van der Waals surface area contributed by atoms with Gasteiger partial charge in [0.05, 0.1) is 5.69 Å². The molecule has 1 heterocycles. The van der Waals surface area contributed by atoms with E-state index in [0.29, 0.717) is 29.3 Å². The quantitative estimate of drug-likeness (QED) is 0.510. The van der Waals surface area contributed by atoms with Gasteiger partial charge in [0.1, 0.15) is 17.1 Å². The Kier molecular flexibility index (Phi) is 5.35. The summed E-state index contributed by atoms with van der Waals surface area (Å²) in [6, 6.07) is 16.2. The number of amides is 1. The Balaban J connectivity index is 1.70. The highest BCUT2D eigenvalue weighted by Gasteiger charge is 2.23. The van der Waals surface area contributed by atoms with Gasteiger partial charge in [0, 0.05) is 5.69 Å². The van der Waals surface area contributed by atoms with Crippen LogP contribution in [0.2, 0.25) is 0 Å². The van der Waals surface area contributed by atoms with Crippen molar-refractivity contribution in [1.29, 1.82) is 0 Å². The molecule has 6 heteroatoms. The summed E-state index contributed by atoms with van der Waals surface area (Å²) in [5, 5.41) is 22.9. The first-order valence-electron chi connectivity index (χ1n) is 8.71. The van der Waals surface area contributed by atoms with Crippen LogP contribution in [0.1, 0.15) is 29.9 Å². The first kappa shape index (κ1) is 18.4. The normalized spacial score (nSPS) is 10.8. The molecule has 6 nitrogen and oxygen atoms in total. The standard InChI is InChI=1S/C21H22N2O4/c1-13(2)12-17-19(24)18(21(26)23-17)20(25)22-14-8-10-16(11-9-14)27-15-6-4-3-5-7-15/h3-11,13,23-24,26H,12H2,1-2H3,(H,22,25). The minimum absolute atomic E-state index is 0.157. The number of H-pyrrole nitrogens is 1. The van der Waals surface area contributed by atoms with Crippen LogP contribution in [0.15, 0.2) is 54.6 Å². The molecule has 0 spiro atoms. The van der Waals surface area contributed by atoms with E-state index in [1.54, 1.807) is 24.3 Å². The summed E-state index contributed by atoms with van der Waals surface area (Å²) < 4.78 is 5.70. The highest BCUT2D eigenvalue weighted by atomic mass is 16.5. The number of carbonyl (C=O) groups excluding carboxylic acids is 1. The predicted molar refractivity (Wildman–Crippen MR) is 104 cm³/mol. The second kappa shape index (κ2) is 7.86. The smallest absolute Gasteiger partial charge is 0.264 e. The van der Waals surface area contributed by atoms with Gasteiger partial charge in [-0.2, -0.15) is 0 Å². The topological polar surface area (TPSA) is 94.6 Å². The van der Waals surface area contributed by atoms with E-state index in [1.807, 2.05) is 44.2 Å². The molecule has 140 valence electrons. The van der Waals surface area contributed by atoms with Gasteiger partial charge in [-0.25, -0.2) is 0 Å². The second-order valence-corrected chi connectivity index (χ2v) is 6.67. The number of hydrogen-bond donors (Lipinski definition) is 4. The minimum atomic E-state index is -0.590. The largest absolute Gasteiger partial charge is 0.505 e. The van der Waals surface area contributed by atoms with Gasteiger partial charge in [0.15, 0.2) is 5.75 Å². The van der Waals surface area contributed by atoms with E-state index in [2.05, 4.69) is 10.3 Å². The molecule has 0 unspecified atom stereocenters. The van der Waals surface area contributed by atoms with Crippen molar-refractivity contribution in [2.45, 2.75) is 20.3 Å². The molecule has 27 heavy (non-hydrogen) atoms. The fourth-order valence-electron chi connectivity index (χ4n) is 2.72. The first-order valence-corrected chi connectivity index (χ1v) is 8.71. The van der Waals surface area contributed by atoms with Crippen LogP contribution in [0.25, 0.3) is 0 Å². The molecule has 3 aromatic rings. The summed E-state index contributed by atoms with van der Waals surface area (Å²) >= 11 is 0. The van der Waals surface area contributed by atoms with Crippen LogP contribution in [-0.4, -0.2) is 21.1 Å². The molecule has 0 saturated heterocycles. The summed E-state index contributed by atoms with van der Waals surface area (Å²) in [7, 11) is 0. The number of ether oxygens (including phenoxy) is 1. The van der Waals surface area contributed by atoms with Gasteiger partial charge >= 0.3 is 0 Å². The third kappa shape index (κ3) is 4.41.